The third kappa shape index (κ3) is 4.45. The summed E-state index contributed by atoms with van der Waals surface area (Å²) >= 11 is 0. The predicted molar refractivity (Wildman–Crippen MR) is 76.0 cm³/mol. The van der Waals surface area contributed by atoms with E-state index in [-0.39, 0.29) is 12.6 Å². The van der Waals surface area contributed by atoms with E-state index in [1.807, 2.05) is 18.2 Å². The van der Waals surface area contributed by atoms with Gasteiger partial charge in [0, 0.05) is 23.5 Å². The van der Waals surface area contributed by atoms with Gasteiger partial charge in [0.2, 0.25) is 0 Å². The van der Waals surface area contributed by atoms with E-state index in [0.717, 1.165) is 17.9 Å². The molecule has 4 nitrogen and oxygen atoms in total. The van der Waals surface area contributed by atoms with Crippen LogP contribution >= 0.6 is 0 Å². The topological polar surface area (TPSA) is 67.5 Å². The van der Waals surface area contributed by atoms with Crippen molar-refractivity contribution in [3.05, 3.63) is 18.2 Å². The molecule has 0 aliphatic carbocycles. The first kappa shape index (κ1) is 14.6. The lowest BCUT2D eigenvalue weighted by molar-refractivity contribution is 0.249. The molecule has 0 saturated carbocycles. The Kier molecular flexibility index (Phi) is 5.78. The van der Waals surface area contributed by atoms with Gasteiger partial charge in [-0.2, -0.15) is 0 Å². The summed E-state index contributed by atoms with van der Waals surface area (Å²) in [5, 5.41) is 12.6. The molecule has 0 aromatic heterocycles. The molecule has 102 valence electrons. The van der Waals surface area contributed by atoms with Crippen molar-refractivity contribution in [1.82, 2.24) is 0 Å². The highest BCUT2D eigenvalue weighted by Crippen LogP contribution is 2.24. The van der Waals surface area contributed by atoms with Gasteiger partial charge in [0.1, 0.15) is 5.75 Å². The van der Waals surface area contributed by atoms with Gasteiger partial charge in [0.15, 0.2) is 0 Å². The maximum absolute atomic E-state index is 9.31. The molecule has 0 amide bonds. The molecule has 1 unspecified atom stereocenters. The number of nitrogens with two attached hydrogens (primary N) is 1. The second-order valence-corrected chi connectivity index (χ2v) is 4.82. The van der Waals surface area contributed by atoms with Crippen molar-refractivity contribution >= 4 is 11.4 Å². The second kappa shape index (κ2) is 7.11. The molecule has 4 N–H and O–H groups in total. The summed E-state index contributed by atoms with van der Waals surface area (Å²) in [5.41, 5.74) is 7.38. The minimum atomic E-state index is 0.0193. The zero-order valence-electron chi connectivity index (χ0n) is 11.4. The first-order valence-corrected chi connectivity index (χ1v) is 6.47. The number of hydrogen-bond acceptors (Lipinski definition) is 4. The standard InChI is InChI=1S/C14H24N2O2/c1-4-5-18-13-7-11(15)6-12(8-13)16-14(9-17)10(2)3/h6-8,10,14,16-17H,4-5,9,15H2,1-3H3. The molecule has 1 rings (SSSR count). The second-order valence-electron chi connectivity index (χ2n) is 4.82. The van der Waals surface area contributed by atoms with E-state index in [9.17, 15) is 5.11 Å². The van der Waals surface area contributed by atoms with E-state index in [1.54, 1.807) is 0 Å². The number of aliphatic hydroxyl groups excluding tert-OH is 1. The molecular weight excluding hydrogens is 228 g/mol. The molecule has 4 heteroatoms. The van der Waals surface area contributed by atoms with E-state index in [4.69, 9.17) is 10.5 Å². The largest absolute Gasteiger partial charge is 0.493 e. The van der Waals surface area contributed by atoms with Crippen molar-refractivity contribution in [3.63, 3.8) is 0 Å². The normalized spacial score (nSPS) is 12.5. The van der Waals surface area contributed by atoms with Crippen LogP contribution in [-0.4, -0.2) is 24.4 Å². The average molecular weight is 252 g/mol. The summed E-state index contributed by atoms with van der Waals surface area (Å²) in [6.07, 6.45) is 0.961. The van der Waals surface area contributed by atoms with Crippen molar-refractivity contribution in [1.29, 1.82) is 0 Å². The fourth-order valence-corrected chi connectivity index (χ4v) is 1.65. The van der Waals surface area contributed by atoms with Crippen LogP contribution in [0.3, 0.4) is 0 Å². The number of aliphatic hydroxyl groups is 1. The number of benzene rings is 1. The first-order chi connectivity index (χ1) is 8.56. The molecular formula is C14H24N2O2. The van der Waals surface area contributed by atoms with Crippen LogP contribution in [0.15, 0.2) is 18.2 Å². The summed E-state index contributed by atoms with van der Waals surface area (Å²) in [5.74, 6) is 1.11. The Morgan fingerprint density at radius 3 is 2.61 bits per heavy atom. The predicted octanol–water partition coefficient (Wildman–Crippen LogP) is 2.49. The van der Waals surface area contributed by atoms with E-state index in [2.05, 4.69) is 26.1 Å². The molecule has 0 aliphatic rings. The van der Waals surface area contributed by atoms with E-state index >= 15 is 0 Å². The van der Waals surface area contributed by atoms with Gasteiger partial charge < -0.3 is 20.9 Å². The number of nitrogen functional groups attached to an aromatic ring is 1. The number of hydrogen-bond donors (Lipinski definition) is 3. The van der Waals surface area contributed by atoms with Crippen LogP contribution in [0.2, 0.25) is 0 Å². The van der Waals surface area contributed by atoms with E-state index in [0.29, 0.717) is 18.2 Å². The van der Waals surface area contributed by atoms with Gasteiger partial charge in [-0.05, 0) is 18.4 Å². The number of nitrogens with one attached hydrogen (secondary N) is 1. The molecule has 0 spiro atoms. The molecule has 0 fully saturated rings. The van der Waals surface area contributed by atoms with Gasteiger partial charge in [-0.15, -0.1) is 0 Å². The molecule has 1 aromatic rings. The third-order valence-corrected chi connectivity index (χ3v) is 2.76. The molecule has 0 heterocycles. The summed E-state index contributed by atoms with van der Waals surface area (Å²) in [7, 11) is 0. The van der Waals surface area contributed by atoms with Gasteiger partial charge >= 0.3 is 0 Å². The summed E-state index contributed by atoms with van der Waals surface area (Å²) in [6, 6.07) is 5.59. The minimum Gasteiger partial charge on any atom is -0.493 e. The molecule has 18 heavy (non-hydrogen) atoms. The lowest BCUT2D eigenvalue weighted by Crippen LogP contribution is -2.29. The first-order valence-electron chi connectivity index (χ1n) is 6.47. The van der Waals surface area contributed by atoms with E-state index in [1.165, 1.54) is 0 Å². The molecule has 1 atom stereocenters. The third-order valence-electron chi connectivity index (χ3n) is 2.76. The average Bonchev–Trinajstić information content (AvgIpc) is 2.32. The van der Waals surface area contributed by atoms with Crippen LogP contribution in [0.1, 0.15) is 27.2 Å². The van der Waals surface area contributed by atoms with E-state index < -0.39 is 0 Å². The zero-order chi connectivity index (χ0) is 13.5. The highest BCUT2D eigenvalue weighted by molar-refractivity contribution is 5.59. The highest BCUT2D eigenvalue weighted by atomic mass is 16.5. The monoisotopic (exact) mass is 252 g/mol. The van der Waals surface area contributed by atoms with Gasteiger partial charge in [0.25, 0.3) is 0 Å². The summed E-state index contributed by atoms with van der Waals surface area (Å²) in [4.78, 5) is 0. The van der Waals surface area contributed by atoms with Crippen molar-refractivity contribution < 1.29 is 9.84 Å². The maximum atomic E-state index is 9.31. The lowest BCUT2D eigenvalue weighted by atomic mass is 10.1. The van der Waals surface area contributed by atoms with Crippen LogP contribution in [-0.2, 0) is 0 Å². The van der Waals surface area contributed by atoms with Crippen LogP contribution in [0.4, 0.5) is 11.4 Å². The van der Waals surface area contributed by atoms with Crippen molar-refractivity contribution in [2.24, 2.45) is 5.92 Å². The molecule has 0 saturated heterocycles. The number of anilines is 2. The van der Waals surface area contributed by atoms with Crippen molar-refractivity contribution in [2.75, 3.05) is 24.3 Å². The Labute approximate surface area is 109 Å². The lowest BCUT2D eigenvalue weighted by Gasteiger charge is -2.21. The summed E-state index contributed by atoms with van der Waals surface area (Å²) < 4.78 is 5.57. The maximum Gasteiger partial charge on any atom is 0.123 e. The fourth-order valence-electron chi connectivity index (χ4n) is 1.65. The van der Waals surface area contributed by atoms with Crippen LogP contribution in [0, 0.1) is 5.92 Å². The number of rotatable bonds is 7. The Morgan fingerprint density at radius 1 is 1.33 bits per heavy atom. The van der Waals surface area contributed by atoms with Crippen LogP contribution < -0.4 is 15.8 Å². The van der Waals surface area contributed by atoms with Crippen molar-refractivity contribution in [3.8, 4) is 5.75 Å². The Balaban J connectivity index is 2.78. The SMILES string of the molecule is CCCOc1cc(N)cc(NC(CO)C(C)C)c1. The fraction of sp³-hybridized carbons (Fsp3) is 0.571. The number of ether oxygens (including phenoxy) is 1. The molecule has 1 aromatic carbocycles. The van der Waals surface area contributed by atoms with Crippen LogP contribution in [0.5, 0.6) is 5.75 Å². The highest BCUT2D eigenvalue weighted by Gasteiger charge is 2.12. The molecule has 0 radical (unpaired) electrons. The van der Waals surface area contributed by atoms with Gasteiger partial charge in [0.05, 0.1) is 19.3 Å². The van der Waals surface area contributed by atoms with Gasteiger partial charge in [-0.25, -0.2) is 0 Å². The minimum absolute atomic E-state index is 0.0193. The Hall–Kier alpha value is -1.42. The smallest absolute Gasteiger partial charge is 0.123 e. The quantitative estimate of drug-likeness (QED) is 0.652. The van der Waals surface area contributed by atoms with Gasteiger partial charge in [-0.1, -0.05) is 20.8 Å². The Bertz CT molecular complexity index is 367. The van der Waals surface area contributed by atoms with Gasteiger partial charge in [-0.3, -0.25) is 0 Å². The van der Waals surface area contributed by atoms with Crippen molar-refractivity contribution in [2.45, 2.75) is 33.2 Å². The van der Waals surface area contributed by atoms with Crippen LogP contribution in [0.25, 0.3) is 0 Å². The molecule has 0 bridgehead atoms. The Morgan fingerprint density at radius 2 is 2.06 bits per heavy atom. The molecule has 0 aliphatic heterocycles. The summed E-state index contributed by atoms with van der Waals surface area (Å²) in [6.45, 7) is 6.96. The zero-order valence-corrected chi connectivity index (χ0v) is 11.4.